The molecule has 506 valence electrons. The SMILES string of the molecule is FC(F)(F)C(F)(F)C(F)(F)C(F)(F)C(F)(F)C(F)(F)C(F)(F)Cc1ccccc1P(c1ccccc1CC(F)(F)C(F)(F)C(F)(F)C(F)(F)C(F)(F)C(F)(F)C(F)(F)F)c1ccccc1CC(F)(F)C(F)(F)C(F)(F)C(F)(F)C(F)(F)C(F)(F)C(F)(F)F. The standard InChI is InChI=1S/C42H18F45P/c43-22(44,25(49,50)28(55,56)31(61,62)34(67,68)37(73,74)40(79,80)81)13-16-7-1-4-10-19(16)88(20-11-5-2-8-17(20)14-23(45,46)26(51,52)29(57,58)32(63,64)35(69,70)38(75,76)41(82,83)84)21-12-6-3-9-18(21)15-24(47,48)27(53,54)30(59,60)33(65,66)36(71,72)39(77,78)42(85,86)87/h1-12H,13-15H2. The Morgan fingerprint density at radius 3 is 0.477 bits per heavy atom. The summed E-state index contributed by atoms with van der Waals surface area (Å²) in [6.07, 6.45) is -36.3. The number of benzene rings is 3. The third-order valence-corrected chi connectivity index (χ3v) is 14.9. The summed E-state index contributed by atoms with van der Waals surface area (Å²) in [6.45, 7) is 0. The van der Waals surface area contributed by atoms with Gasteiger partial charge < -0.3 is 0 Å². The molecule has 0 aromatic heterocycles. The molecule has 0 bridgehead atoms. The van der Waals surface area contributed by atoms with E-state index < -0.39 is 203 Å². The monoisotopic (exact) mass is 1410 g/mol. The second kappa shape index (κ2) is 21.8. The Balaban J connectivity index is 2.59. The Labute approximate surface area is 455 Å². The topological polar surface area (TPSA) is 0 Å². The van der Waals surface area contributed by atoms with Gasteiger partial charge in [0.15, 0.2) is 0 Å². The molecule has 3 aromatic rings. The van der Waals surface area contributed by atoms with Gasteiger partial charge in [-0.25, -0.2) is 0 Å². The second-order valence-electron chi connectivity index (χ2n) is 18.0. The number of alkyl halides is 45. The van der Waals surface area contributed by atoms with Crippen LogP contribution in [0.15, 0.2) is 72.8 Å². The van der Waals surface area contributed by atoms with Gasteiger partial charge in [-0.15, -0.1) is 0 Å². The van der Waals surface area contributed by atoms with Crippen molar-refractivity contribution in [2.45, 2.75) is 144 Å². The van der Waals surface area contributed by atoms with E-state index in [1.807, 2.05) is 0 Å². The highest BCUT2D eigenvalue weighted by Crippen LogP contribution is 2.67. The van der Waals surface area contributed by atoms with Crippen molar-refractivity contribution < 1.29 is 198 Å². The molecule has 0 aliphatic rings. The molecule has 88 heavy (non-hydrogen) atoms. The maximum absolute atomic E-state index is 15.6. The first-order chi connectivity index (χ1) is 38.2. The van der Waals surface area contributed by atoms with Gasteiger partial charge in [0.1, 0.15) is 0 Å². The van der Waals surface area contributed by atoms with Crippen LogP contribution in [0, 0.1) is 0 Å². The molecule has 0 N–H and O–H groups in total. The van der Waals surface area contributed by atoms with E-state index in [1.165, 1.54) is 0 Å². The molecule has 0 saturated heterocycles. The van der Waals surface area contributed by atoms with Gasteiger partial charge in [0.05, 0.1) is 0 Å². The summed E-state index contributed by atoms with van der Waals surface area (Å²) in [6, 6.07) is -2.11. The fourth-order valence-electron chi connectivity index (χ4n) is 7.07. The summed E-state index contributed by atoms with van der Waals surface area (Å²) < 4.78 is 639. The van der Waals surface area contributed by atoms with Crippen molar-refractivity contribution in [2.24, 2.45) is 0 Å². The van der Waals surface area contributed by atoms with E-state index >= 15 is 52.7 Å². The van der Waals surface area contributed by atoms with Crippen LogP contribution in [0.4, 0.5) is 198 Å². The zero-order valence-electron chi connectivity index (χ0n) is 40.0. The number of rotatable bonds is 24. The summed E-state index contributed by atoms with van der Waals surface area (Å²) in [5, 5.41) is -6.38. The first-order valence-electron chi connectivity index (χ1n) is 21.3. The molecule has 0 radical (unpaired) electrons. The number of halogens is 45. The van der Waals surface area contributed by atoms with E-state index in [2.05, 4.69) is 0 Å². The molecular weight excluding hydrogens is 1390 g/mol. The van der Waals surface area contributed by atoms with Gasteiger partial charge in [0, 0.05) is 19.3 Å². The van der Waals surface area contributed by atoms with Crippen LogP contribution in [0.3, 0.4) is 0 Å². The predicted octanol–water partition coefficient (Wildman–Crippen LogP) is 18.2. The predicted molar refractivity (Wildman–Crippen MR) is 203 cm³/mol. The molecule has 3 aromatic carbocycles. The Kier molecular flexibility index (Phi) is 19.1. The van der Waals surface area contributed by atoms with E-state index in [0.29, 0.717) is 0 Å². The zero-order valence-corrected chi connectivity index (χ0v) is 40.9. The third-order valence-electron chi connectivity index (χ3n) is 12.1. The molecule has 0 aliphatic heterocycles. The Morgan fingerprint density at radius 2 is 0.318 bits per heavy atom. The molecule has 0 atom stereocenters. The molecule has 0 aliphatic carbocycles. The average molecular weight is 1410 g/mol. The van der Waals surface area contributed by atoms with Crippen LogP contribution in [0.2, 0.25) is 0 Å². The average Bonchev–Trinajstić information content (AvgIpc) is 0.737. The van der Waals surface area contributed by atoms with Crippen molar-refractivity contribution in [2.75, 3.05) is 0 Å². The Bertz CT molecular complexity index is 2640. The van der Waals surface area contributed by atoms with Gasteiger partial charge in [0.25, 0.3) is 0 Å². The van der Waals surface area contributed by atoms with Gasteiger partial charge in [0.2, 0.25) is 0 Å². The highest BCUT2D eigenvalue weighted by molar-refractivity contribution is 7.80. The van der Waals surface area contributed by atoms with Crippen molar-refractivity contribution in [3.05, 3.63) is 89.5 Å². The molecule has 0 fully saturated rings. The molecule has 0 nitrogen and oxygen atoms in total. The highest BCUT2D eigenvalue weighted by Gasteiger charge is 2.96. The van der Waals surface area contributed by atoms with E-state index in [-0.39, 0.29) is 54.6 Å². The summed E-state index contributed by atoms with van der Waals surface area (Å²) in [7, 11) is -4.84. The molecular formula is C42H18F45P. The van der Waals surface area contributed by atoms with Crippen LogP contribution in [-0.4, -0.2) is 125 Å². The van der Waals surface area contributed by atoms with Crippen LogP contribution in [0.1, 0.15) is 16.7 Å². The largest absolute Gasteiger partial charge is 0.460 e. The minimum absolute atomic E-state index is 0.0206. The fourth-order valence-corrected chi connectivity index (χ4v) is 9.88. The van der Waals surface area contributed by atoms with Crippen molar-refractivity contribution in [3.63, 3.8) is 0 Å². The lowest BCUT2D eigenvalue weighted by molar-refractivity contribution is -0.452. The maximum atomic E-state index is 15.6. The smallest absolute Gasteiger partial charge is 0.199 e. The maximum Gasteiger partial charge on any atom is 0.460 e. The molecule has 0 unspecified atom stereocenters. The minimum atomic E-state index is -9.12. The van der Waals surface area contributed by atoms with Crippen molar-refractivity contribution in [1.29, 1.82) is 0 Å². The van der Waals surface area contributed by atoms with Gasteiger partial charge >= 0.3 is 125 Å². The van der Waals surface area contributed by atoms with E-state index in [9.17, 15) is 145 Å². The van der Waals surface area contributed by atoms with Crippen LogP contribution in [-0.2, 0) is 19.3 Å². The minimum Gasteiger partial charge on any atom is -0.199 e. The van der Waals surface area contributed by atoms with Gasteiger partial charge in [-0.05, 0) is 40.5 Å². The van der Waals surface area contributed by atoms with Crippen molar-refractivity contribution >= 4 is 23.8 Å². The lowest BCUT2D eigenvalue weighted by atomic mass is 9.89. The summed E-state index contributed by atoms with van der Waals surface area (Å²) in [4.78, 5) is 0. The lowest BCUT2D eigenvalue weighted by Crippen LogP contribution is -2.72. The molecule has 46 heteroatoms. The molecule has 0 saturated carbocycles. The van der Waals surface area contributed by atoms with Gasteiger partial charge in [-0.2, -0.15) is 198 Å². The summed E-state index contributed by atoms with van der Waals surface area (Å²) in [5.41, 5.74) is -7.29. The van der Waals surface area contributed by atoms with Crippen LogP contribution < -0.4 is 15.9 Å². The summed E-state index contributed by atoms with van der Waals surface area (Å²) in [5.74, 6) is -156. The third kappa shape index (κ3) is 11.0. The van der Waals surface area contributed by atoms with E-state index in [1.54, 1.807) is 0 Å². The quantitative estimate of drug-likeness (QED) is 0.0619. The Morgan fingerprint density at radius 1 is 0.182 bits per heavy atom. The van der Waals surface area contributed by atoms with Gasteiger partial charge in [-0.1, -0.05) is 72.8 Å². The van der Waals surface area contributed by atoms with Crippen LogP contribution in [0.25, 0.3) is 0 Å². The van der Waals surface area contributed by atoms with E-state index in [4.69, 9.17) is 0 Å². The molecule has 3 rings (SSSR count). The number of hydrogen-bond donors (Lipinski definition) is 0. The Hall–Kier alpha value is -5.06. The van der Waals surface area contributed by atoms with Crippen LogP contribution >= 0.6 is 7.92 Å². The highest BCUT2D eigenvalue weighted by atomic mass is 31.1. The summed E-state index contributed by atoms with van der Waals surface area (Å²) >= 11 is 0. The zero-order chi connectivity index (χ0) is 70.1. The first kappa shape index (κ1) is 77.2. The molecule has 0 spiro atoms. The molecule has 0 heterocycles. The fraction of sp³-hybridized carbons (Fsp3) is 0.571. The van der Waals surface area contributed by atoms with Crippen molar-refractivity contribution in [1.82, 2.24) is 0 Å². The normalized spacial score (nSPS) is 16.0. The van der Waals surface area contributed by atoms with Crippen molar-refractivity contribution in [3.8, 4) is 0 Å². The molecule has 0 amide bonds. The lowest BCUT2D eigenvalue weighted by Gasteiger charge is -2.42. The van der Waals surface area contributed by atoms with Gasteiger partial charge in [-0.3, -0.25) is 0 Å². The first-order valence-corrected chi connectivity index (χ1v) is 22.6. The van der Waals surface area contributed by atoms with E-state index in [0.717, 1.165) is 0 Å². The second-order valence-corrected chi connectivity index (χ2v) is 20.1. The van der Waals surface area contributed by atoms with Crippen LogP contribution in [0.5, 0.6) is 0 Å². The number of hydrogen-bond acceptors (Lipinski definition) is 0.